The summed E-state index contributed by atoms with van der Waals surface area (Å²) >= 11 is 1.47. The molecule has 0 saturated heterocycles. The predicted molar refractivity (Wildman–Crippen MR) is 89.8 cm³/mol. The number of carbonyl (C=O) groups is 1. The molecular formula is C16H14N3O5S-. The fourth-order valence-corrected chi connectivity index (χ4v) is 3.47. The van der Waals surface area contributed by atoms with Crippen molar-refractivity contribution >= 4 is 28.6 Å². The summed E-state index contributed by atoms with van der Waals surface area (Å²) in [5.74, 6) is -0.888. The molecule has 2 aromatic rings. The van der Waals surface area contributed by atoms with Crippen molar-refractivity contribution < 1.29 is 19.6 Å². The summed E-state index contributed by atoms with van der Waals surface area (Å²) in [6, 6.07) is 5.55. The van der Waals surface area contributed by atoms with Gasteiger partial charge < -0.3 is 9.84 Å². The van der Waals surface area contributed by atoms with Gasteiger partial charge in [-0.2, -0.15) is 5.10 Å². The number of benzene rings is 1. The van der Waals surface area contributed by atoms with Crippen LogP contribution in [0.15, 0.2) is 34.7 Å². The first-order chi connectivity index (χ1) is 11.9. The van der Waals surface area contributed by atoms with Gasteiger partial charge in [0.2, 0.25) is 5.91 Å². The first kappa shape index (κ1) is 16.9. The third-order valence-corrected chi connectivity index (χ3v) is 4.82. The third-order valence-electron chi connectivity index (χ3n) is 3.90. The fourth-order valence-electron chi connectivity index (χ4n) is 2.74. The van der Waals surface area contributed by atoms with Gasteiger partial charge in [0, 0.05) is 13.3 Å². The highest BCUT2D eigenvalue weighted by molar-refractivity contribution is 7.12. The summed E-state index contributed by atoms with van der Waals surface area (Å²) in [7, 11) is 1.36. The summed E-state index contributed by atoms with van der Waals surface area (Å²) in [5.41, 5.74) is 0.207. The zero-order valence-corrected chi connectivity index (χ0v) is 14.3. The van der Waals surface area contributed by atoms with Crippen molar-refractivity contribution in [3.63, 3.8) is 0 Å². The van der Waals surface area contributed by atoms with Crippen molar-refractivity contribution in [3.8, 4) is 11.5 Å². The molecule has 1 aromatic heterocycles. The first-order valence-electron chi connectivity index (χ1n) is 7.37. The second-order valence-electron chi connectivity index (χ2n) is 5.43. The molecule has 3 rings (SSSR count). The molecule has 1 aromatic carbocycles. The van der Waals surface area contributed by atoms with Crippen molar-refractivity contribution in [3.05, 3.63) is 50.2 Å². The quantitative estimate of drug-likeness (QED) is 0.614. The maximum absolute atomic E-state index is 12.5. The van der Waals surface area contributed by atoms with E-state index < -0.39 is 22.4 Å². The van der Waals surface area contributed by atoms with Gasteiger partial charge in [-0.15, -0.1) is 11.3 Å². The van der Waals surface area contributed by atoms with Crippen molar-refractivity contribution in [1.82, 2.24) is 5.01 Å². The van der Waals surface area contributed by atoms with E-state index >= 15 is 0 Å². The number of rotatable bonds is 4. The average molecular weight is 360 g/mol. The summed E-state index contributed by atoms with van der Waals surface area (Å²) < 4.78 is 5.07. The number of amides is 1. The molecule has 9 heteroatoms. The molecule has 0 fully saturated rings. The summed E-state index contributed by atoms with van der Waals surface area (Å²) in [6.07, 6.45) is 0.305. The summed E-state index contributed by atoms with van der Waals surface area (Å²) in [5, 5.41) is 31.1. The van der Waals surface area contributed by atoms with Gasteiger partial charge in [0.15, 0.2) is 0 Å². The number of ether oxygens (including phenoxy) is 1. The third kappa shape index (κ3) is 3.05. The molecule has 130 valence electrons. The van der Waals surface area contributed by atoms with Crippen LogP contribution in [0.5, 0.6) is 11.5 Å². The Labute approximate surface area is 147 Å². The minimum absolute atomic E-state index is 0.122. The van der Waals surface area contributed by atoms with E-state index in [1.807, 2.05) is 17.5 Å². The Morgan fingerprint density at radius 1 is 1.48 bits per heavy atom. The molecule has 0 bridgehead atoms. The Morgan fingerprint density at radius 3 is 2.80 bits per heavy atom. The molecule has 0 N–H and O–H groups in total. The number of hydrogen-bond donors (Lipinski definition) is 0. The zero-order chi connectivity index (χ0) is 18.1. The lowest BCUT2D eigenvalue weighted by Crippen LogP contribution is -2.25. The van der Waals surface area contributed by atoms with Gasteiger partial charge in [-0.3, -0.25) is 14.9 Å². The molecular weight excluding hydrogens is 346 g/mol. The van der Waals surface area contributed by atoms with Gasteiger partial charge in [-0.05, 0) is 28.8 Å². The Hall–Kier alpha value is -2.94. The molecule has 0 saturated carbocycles. The number of hydrazone groups is 1. The van der Waals surface area contributed by atoms with Crippen LogP contribution in [0.1, 0.15) is 29.8 Å². The molecule has 0 aliphatic carbocycles. The topological polar surface area (TPSA) is 108 Å². The number of nitrogens with zero attached hydrogens (tertiary/aromatic N) is 3. The van der Waals surface area contributed by atoms with Crippen LogP contribution in [0.4, 0.5) is 5.69 Å². The van der Waals surface area contributed by atoms with Crippen LogP contribution >= 0.6 is 11.3 Å². The Bertz CT molecular complexity index is 863. The van der Waals surface area contributed by atoms with Crippen molar-refractivity contribution in [2.24, 2.45) is 5.10 Å². The van der Waals surface area contributed by atoms with Crippen LogP contribution < -0.4 is 9.84 Å². The highest BCUT2D eigenvalue weighted by atomic mass is 32.1. The molecule has 1 aliphatic heterocycles. The lowest BCUT2D eigenvalue weighted by molar-refractivity contribution is -0.398. The van der Waals surface area contributed by atoms with E-state index in [9.17, 15) is 20.0 Å². The SMILES string of the molecule is COc1cc([C@H]2CC(c3cccs3)=NN2C(C)=O)c([O-])c([N+](=O)[O-])c1. The van der Waals surface area contributed by atoms with Crippen molar-refractivity contribution in [2.45, 2.75) is 19.4 Å². The Kier molecular flexibility index (Phi) is 4.41. The second kappa shape index (κ2) is 6.52. The maximum atomic E-state index is 12.5. The van der Waals surface area contributed by atoms with Crippen LogP contribution in [0, 0.1) is 10.1 Å². The molecule has 1 aliphatic rings. The highest BCUT2D eigenvalue weighted by Gasteiger charge is 2.33. The molecule has 0 radical (unpaired) electrons. The standard InChI is InChI=1S/C16H15N3O5S/c1-9(20)18-13(8-12(17-18)15-4-3-5-25-15)11-6-10(24-2)7-14(16(11)21)19(22)23/h3-7,13,21H,8H2,1-2H3/p-1/t13-/m1/s1. The van der Waals surface area contributed by atoms with Crippen LogP contribution in [-0.4, -0.2) is 28.7 Å². The van der Waals surface area contributed by atoms with Crippen molar-refractivity contribution in [1.29, 1.82) is 0 Å². The van der Waals surface area contributed by atoms with Gasteiger partial charge >= 0.3 is 0 Å². The van der Waals surface area contributed by atoms with Crippen molar-refractivity contribution in [2.75, 3.05) is 7.11 Å². The number of nitro benzene ring substituents is 1. The van der Waals surface area contributed by atoms with E-state index in [1.54, 1.807) is 0 Å². The first-order valence-corrected chi connectivity index (χ1v) is 8.24. The second-order valence-corrected chi connectivity index (χ2v) is 6.38. The Morgan fingerprint density at radius 2 is 2.24 bits per heavy atom. The number of nitro groups is 1. The number of methoxy groups -OCH3 is 1. The summed E-state index contributed by atoms with van der Waals surface area (Å²) in [6.45, 7) is 1.34. The van der Waals surface area contributed by atoms with Crippen LogP contribution in [-0.2, 0) is 4.79 Å². The minimum Gasteiger partial charge on any atom is -0.868 e. The Balaban J connectivity index is 2.08. The van der Waals surface area contributed by atoms with Gasteiger partial charge in [-0.25, -0.2) is 5.01 Å². The summed E-state index contributed by atoms with van der Waals surface area (Å²) in [4.78, 5) is 23.3. The normalized spacial score (nSPS) is 16.6. The largest absolute Gasteiger partial charge is 0.868 e. The van der Waals surface area contributed by atoms with E-state index in [0.717, 1.165) is 10.9 Å². The molecule has 2 heterocycles. The molecule has 1 amide bonds. The molecule has 0 unspecified atom stereocenters. The predicted octanol–water partition coefficient (Wildman–Crippen LogP) is 2.44. The highest BCUT2D eigenvalue weighted by Crippen LogP contribution is 2.42. The average Bonchev–Trinajstić information content (AvgIpc) is 3.24. The van der Waals surface area contributed by atoms with Gasteiger partial charge in [0.05, 0.1) is 34.7 Å². The van der Waals surface area contributed by atoms with Gasteiger partial charge in [-0.1, -0.05) is 6.07 Å². The molecule has 8 nitrogen and oxygen atoms in total. The monoisotopic (exact) mass is 360 g/mol. The van der Waals surface area contributed by atoms with Crippen LogP contribution in [0.25, 0.3) is 0 Å². The number of thiophene rings is 1. The molecule has 1 atom stereocenters. The van der Waals surface area contributed by atoms with E-state index in [-0.39, 0.29) is 17.2 Å². The minimum atomic E-state index is -0.748. The number of hydrogen-bond acceptors (Lipinski definition) is 7. The van der Waals surface area contributed by atoms with E-state index in [2.05, 4.69) is 5.10 Å². The van der Waals surface area contributed by atoms with Crippen LogP contribution in [0.2, 0.25) is 0 Å². The lowest BCUT2D eigenvalue weighted by atomic mass is 9.99. The number of carbonyl (C=O) groups excluding carboxylic acids is 1. The maximum Gasteiger partial charge on any atom is 0.265 e. The van der Waals surface area contributed by atoms with Gasteiger partial charge in [0.1, 0.15) is 5.75 Å². The van der Waals surface area contributed by atoms with E-state index in [1.165, 1.54) is 36.4 Å². The van der Waals surface area contributed by atoms with Crippen LogP contribution in [0.3, 0.4) is 0 Å². The zero-order valence-electron chi connectivity index (χ0n) is 13.5. The van der Waals surface area contributed by atoms with Gasteiger partial charge in [0.25, 0.3) is 5.69 Å². The van der Waals surface area contributed by atoms with E-state index in [4.69, 9.17) is 4.74 Å². The smallest absolute Gasteiger partial charge is 0.265 e. The molecule has 0 spiro atoms. The van der Waals surface area contributed by atoms with E-state index in [0.29, 0.717) is 12.1 Å². The lowest BCUT2D eigenvalue weighted by Gasteiger charge is -2.25. The fraction of sp³-hybridized carbons (Fsp3) is 0.250. The molecule has 25 heavy (non-hydrogen) atoms.